The highest BCUT2D eigenvalue weighted by Crippen LogP contribution is 2.18. The quantitative estimate of drug-likeness (QED) is 0.738. The van der Waals surface area contributed by atoms with Crippen LogP contribution in [0.2, 0.25) is 0 Å². The standard InChI is InChI=1S/C22H25N3O3/c1-5-15(3)25-21(27)17-10-6-7-12-19(17)24(22(25)28)13-20(26)23-18-11-8-9-14(2)16(18)4/h6-12,15H,5,13H2,1-4H3,(H,23,26)/t15-/m1/s1. The molecule has 0 radical (unpaired) electrons. The van der Waals surface area contributed by atoms with E-state index in [9.17, 15) is 14.4 Å². The number of aromatic nitrogens is 2. The highest BCUT2D eigenvalue weighted by Gasteiger charge is 2.18. The molecule has 1 N–H and O–H groups in total. The second-order valence-corrected chi connectivity index (χ2v) is 7.11. The third-order valence-electron chi connectivity index (χ3n) is 5.29. The van der Waals surface area contributed by atoms with Crippen LogP contribution in [-0.4, -0.2) is 15.0 Å². The Labute approximate surface area is 163 Å². The van der Waals surface area contributed by atoms with E-state index >= 15 is 0 Å². The van der Waals surface area contributed by atoms with Crippen molar-refractivity contribution in [3.63, 3.8) is 0 Å². The van der Waals surface area contributed by atoms with E-state index in [0.717, 1.165) is 16.8 Å². The van der Waals surface area contributed by atoms with Crippen molar-refractivity contribution in [2.45, 2.75) is 46.7 Å². The first-order chi connectivity index (χ1) is 13.3. The number of para-hydroxylation sites is 1. The van der Waals surface area contributed by atoms with E-state index in [0.29, 0.717) is 17.3 Å². The molecule has 1 amide bonds. The topological polar surface area (TPSA) is 73.1 Å². The number of carbonyl (C=O) groups is 1. The zero-order valence-corrected chi connectivity index (χ0v) is 16.7. The normalized spacial score (nSPS) is 12.1. The maximum atomic E-state index is 13.1. The Balaban J connectivity index is 2.07. The molecule has 6 nitrogen and oxygen atoms in total. The molecule has 0 spiro atoms. The number of anilines is 1. The zero-order valence-electron chi connectivity index (χ0n) is 16.7. The number of fused-ring (bicyclic) bond motifs is 1. The Morgan fingerprint density at radius 1 is 1.07 bits per heavy atom. The van der Waals surface area contributed by atoms with Crippen LogP contribution in [0.1, 0.15) is 37.4 Å². The third kappa shape index (κ3) is 3.50. The monoisotopic (exact) mass is 379 g/mol. The van der Waals surface area contributed by atoms with E-state index in [1.165, 1.54) is 9.13 Å². The number of carbonyl (C=O) groups excluding carboxylic acids is 1. The fourth-order valence-electron chi connectivity index (χ4n) is 3.28. The zero-order chi connectivity index (χ0) is 20.4. The van der Waals surface area contributed by atoms with Gasteiger partial charge >= 0.3 is 5.69 Å². The van der Waals surface area contributed by atoms with Crippen LogP contribution in [-0.2, 0) is 11.3 Å². The van der Waals surface area contributed by atoms with Gasteiger partial charge in [0.25, 0.3) is 5.56 Å². The molecule has 0 aliphatic carbocycles. The first kappa shape index (κ1) is 19.6. The molecule has 2 aromatic carbocycles. The van der Waals surface area contributed by atoms with Crippen molar-refractivity contribution >= 4 is 22.5 Å². The van der Waals surface area contributed by atoms with Crippen LogP contribution in [0, 0.1) is 13.8 Å². The van der Waals surface area contributed by atoms with Gasteiger partial charge in [-0.1, -0.05) is 31.2 Å². The molecule has 0 saturated carbocycles. The van der Waals surface area contributed by atoms with E-state index in [4.69, 9.17) is 0 Å². The molecular formula is C22H25N3O3. The van der Waals surface area contributed by atoms with Crippen LogP contribution >= 0.6 is 0 Å². The Kier molecular flexibility index (Phi) is 5.49. The number of benzene rings is 2. The van der Waals surface area contributed by atoms with Gasteiger partial charge in [0.15, 0.2) is 0 Å². The molecule has 3 rings (SSSR count). The first-order valence-corrected chi connectivity index (χ1v) is 9.45. The summed E-state index contributed by atoms with van der Waals surface area (Å²) in [5.41, 5.74) is 2.46. The molecule has 28 heavy (non-hydrogen) atoms. The molecular weight excluding hydrogens is 354 g/mol. The van der Waals surface area contributed by atoms with Crippen LogP contribution in [0.4, 0.5) is 5.69 Å². The lowest BCUT2D eigenvalue weighted by Crippen LogP contribution is -2.43. The second kappa shape index (κ2) is 7.84. The van der Waals surface area contributed by atoms with E-state index in [2.05, 4.69) is 5.32 Å². The Bertz CT molecular complexity index is 1160. The summed E-state index contributed by atoms with van der Waals surface area (Å²) in [5, 5.41) is 3.32. The summed E-state index contributed by atoms with van der Waals surface area (Å²) in [6, 6.07) is 12.3. The summed E-state index contributed by atoms with van der Waals surface area (Å²) in [6.07, 6.45) is 0.641. The first-order valence-electron chi connectivity index (χ1n) is 9.45. The lowest BCUT2D eigenvalue weighted by Gasteiger charge is -2.18. The predicted octanol–water partition coefficient (Wildman–Crippen LogP) is 3.39. The molecule has 0 bridgehead atoms. The molecule has 1 aromatic heterocycles. The summed E-state index contributed by atoms with van der Waals surface area (Å²) in [5.74, 6) is -0.310. The van der Waals surface area contributed by atoms with Gasteiger partial charge < -0.3 is 5.32 Å². The minimum Gasteiger partial charge on any atom is -0.324 e. The van der Waals surface area contributed by atoms with Crippen molar-refractivity contribution < 1.29 is 4.79 Å². The van der Waals surface area contributed by atoms with Gasteiger partial charge in [-0.2, -0.15) is 0 Å². The van der Waals surface area contributed by atoms with Gasteiger partial charge in [-0.15, -0.1) is 0 Å². The van der Waals surface area contributed by atoms with Crippen LogP contribution in [0.5, 0.6) is 0 Å². The van der Waals surface area contributed by atoms with E-state index in [-0.39, 0.29) is 24.1 Å². The second-order valence-electron chi connectivity index (χ2n) is 7.11. The molecule has 146 valence electrons. The van der Waals surface area contributed by atoms with Crippen LogP contribution < -0.4 is 16.6 Å². The predicted molar refractivity (Wildman–Crippen MR) is 112 cm³/mol. The van der Waals surface area contributed by atoms with Gasteiger partial charge in [-0.05, 0) is 56.5 Å². The Morgan fingerprint density at radius 2 is 1.79 bits per heavy atom. The minimum atomic E-state index is -0.464. The van der Waals surface area contributed by atoms with Gasteiger partial charge in [-0.25, -0.2) is 4.79 Å². The maximum Gasteiger partial charge on any atom is 0.332 e. The van der Waals surface area contributed by atoms with E-state index in [1.54, 1.807) is 24.3 Å². The van der Waals surface area contributed by atoms with Crippen molar-refractivity contribution in [1.29, 1.82) is 0 Å². The van der Waals surface area contributed by atoms with Crippen molar-refractivity contribution in [3.8, 4) is 0 Å². The number of hydrogen-bond acceptors (Lipinski definition) is 3. The maximum absolute atomic E-state index is 13.1. The summed E-state index contributed by atoms with van der Waals surface area (Å²) in [4.78, 5) is 38.6. The summed E-state index contributed by atoms with van der Waals surface area (Å²) >= 11 is 0. The molecule has 0 unspecified atom stereocenters. The molecule has 0 fully saturated rings. The molecule has 0 aliphatic heterocycles. The third-order valence-corrected chi connectivity index (χ3v) is 5.29. The highest BCUT2D eigenvalue weighted by atomic mass is 16.2. The van der Waals surface area contributed by atoms with Gasteiger partial charge in [-0.3, -0.25) is 18.7 Å². The van der Waals surface area contributed by atoms with Gasteiger partial charge in [0.2, 0.25) is 5.91 Å². The summed E-state index contributed by atoms with van der Waals surface area (Å²) in [6.45, 7) is 7.51. The van der Waals surface area contributed by atoms with Crippen LogP contribution in [0.3, 0.4) is 0 Å². The lowest BCUT2D eigenvalue weighted by atomic mass is 10.1. The number of hydrogen-bond donors (Lipinski definition) is 1. The fourth-order valence-corrected chi connectivity index (χ4v) is 3.28. The molecule has 3 aromatic rings. The SMILES string of the molecule is CC[C@@H](C)n1c(=O)c2ccccc2n(CC(=O)Nc2cccc(C)c2C)c1=O. The number of nitrogens with one attached hydrogen (secondary N) is 1. The highest BCUT2D eigenvalue weighted by molar-refractivity contribution is 5.92. The van der Waals surface area contributed by atoms with Crippen molar-refractivity contribution in [1.82, 2.24) is 9.13 Å². The Morgan fingerprint density at radius 3 is 2.50 bits per heavy atom. The smallest absolute Gasteiger partial charge is 0.324 e. The van der Waals surface area contributed by atoms with Crippen molar-refractivity contribution in [2.24, 2.45) is 0 Å². The number of aryl methyl sites for hydroxylation is 1. The number of amides is 1. The van der Waals surface area contributed by atoms with Gasteiger partial charge in [0.1, 0.15) is 6.54 Å². The summed E-state index contributed by atoms with van der Waals surface area (Å²) < 4.78 is 2.62. The molecule has 0 saturated heterocycles. The molecule has 6 heteroatoms. The summed E-state index contributed by atoms with van der Waals surface area (Å²) in [7, 11) is 0. The average molecular weight is 379 g/mol. The van der Waals surface area contributed by atoms with Gasteiger partial charge in [0, 0.05) is 11.7 Å². The molecule has 1 heterocycles. The largest absolute Gasteiger partial charge is 0.332 e. The fraction of sp³-hybridized carbons (Fsp3) is 0.318. The van der Waals surface area contributed by atoms with Crippen LogP contribution in [0.15, 0.2) is 52.1 Å². The van der Waals surface area contributed by atoms with Crippen molar-refractivity contribution in [2.75, 3.05) is 5.32 Å². The minimum absolute atomic E-state index is 0.163. The average Bonchev–Trinajstić information content (AvgIpc) is 2.68. The van der Waals surface area contributed by atoms with Crippen molar-refractivity contribution in [3.05, 3.63) is 74.4 Å². The molecule has 0 aliphatic rings. The Hall–Kier alpha value is -3.15. The van der Waals surface area contributed by atoms with Crippen LogP contribution in [0.25, 0.3) is 10.9 Å². The lowest BCUT2D eigenvalue weighted by molar-refractivity contribution is -0.116. The molecule has 1 atom stereocenters. The van der Waals surface area contributed by atoms with Gasteiger partial charge in [0.05, 0.1) is 10.9 Å². The number of nitrogens with zero attached hydrogens (tertiary/aromatic N) is 2. The van der Waals surface area contributed by atoms with E-state index in [1.807, 2.05) is 45.9 Å². The van der Waals surface area contributed by atoms with E-state index < -0.39 is 5.69 Å². The number of rotatable bonds is 5.